The molecule has 1 heterocycles. The van der Waals surface area contributed by atoms with Crippen molar-refractivity contribution < 1.29 is 19.4 Å². The summed E-state index contributed by atoms with van der Waals surface area (Å²) in [4.78, 5) is 30.0. The van der Waals surface area contributed by atoms with Gasteiger partial charge in [-0.1, -0.05) is 27.5 Å². The number of H-pyrrole nitrogens is 1. The highest BCUT2D eigenvalue weighted by Crippen LogP contribution is 2.31. The number of hydrogen-bond acceptors (Lipinski definition) is 5. The molecule has 1 aromatic carbocycles. The van der Waals surface area contributed by atoms with E-state index in [-0.39, 0.29) is 34.6 Å². The Morgan fingerprint density at radius 1 is 1.50 bits per heavy atom. The molecule has 0 aliphatic carbocycles. The Labute approximate surface area is 138 Å². The van der Waals surface area contributed by atoms with Crippen molar-refractivity contribution in [1.82, 2.24) is 9.97 Å². The molecule has 9 heteroatoms. The SMILES string of the molecule is CCOC(=O)c1ncc(NC(=O)c2cc(Br)cc(Cl)c2O)[nH]1. The number of nitrogens with zero attached hydrogens (tertiary/aromatic N) is 1. The van der Waals surface area contributed by atoms with Crippen molar-refractivity contribution in [3.63, 3.8) is 0 Å². The number of esters is 1. The van der Waals surface area contributed by atoms with Crippen molar-refractivity contribution in [2.24, 2.45) is 0 Å². The van der Waals surface area contributed by atoms with Crippen LogP contribution in [-0.2, 0) is 4.74 Å². The van der Waals surface area contributed by atoms with Crippen molar-refractivity contribution in [3.05, 3.63) is 39.2 Å². The molecule has 0 spiro atoms. The molecule has 0 fully saturated rings. The molecule has 0 atom stereocenters. The van der Waals surface area contributed by atoms with Gasteiger partial charge in [0.15, 0.2) is 0 Å². The van der Waals surface area contributed by atoms with Crippen LogP contribution in [0.3, 0.4) is 0 Å². The van der Waals surface area contributed by atoms with Crippen LogP contribution in [0.1, 0.15) is 27.9 Å². The van der Waals surface area contributed by atoms with Gasteiger partial charge in [-0.05, 0) is 19.1 Å². The second kappa shape index (κ2) is 6.80. The quantitative estimate of drug-likeness (QED) is 0.699. The minimum absolute atomic E-state index is 0.0216. The molecule has 0 radical (unpaired) electrons. The standard InChI is InChI=1S/C13H11BrClN3O4/c1-2-22-13(21)11-16-5-9(17-11)18-12(20)7-3-6(14)4-8(15)10(7)19/h3-5,19H,2H2,1H3,(H,16,17)(H,18,20). The molecule has 116 valence electrons. The zero-order valence-corrected chi connectivity index (χ0v) is 13.7. The van der Waals surface area contributed by atoms with Gasteiger partial charge in [0.25, 0.3) is 5.91 Å². The van der Waals surface area contributed by atoms with Gasteiger partial charge in [-0.25, -0.2) is 9.78 Å². The highest BCUT2D eigenvalue weighted by molar-refractivity contribution is 9.10. The summed E-state index contributed by atoms with van der Waals surface area (Å²) in [5.74, 6) is -1.43. The molecular formula is C13H11BrClN3O4. The predicted octanol–water partition coefficient (Wildman–Crippen LogP) is 2.96. The number of anilines is 1. The smallest absolute Gasteiger partial charge is 0.374 e. The topological polar surface area (TPSA) is 104 Å². The van der Waals surface area contributed by atoms with Crippen LogP contribution >= 0.6 is 27.5 Å². The normalized spacial score (nSPS) is 10.3. The second-order valence-corrected chi connectivity index (χ2v) is 5.43. The number of halogens is 2. The number of carbonyl (C=O) groups is 2. The van der Waals surface area contributed by atoms with E-state index in [9.17, 15) is 14.7 Å². The fourth-order valence-corrected chi connectivity index (χ4v) is 2.43. The largest absolute Gasteiger partial charge is 0.506 e. The van der Waals surface area contributed by atoms with Crippen molar-refractivity contribution in [1.29, 1.82) is 0 Å². The van der Waals surface area contributed by atoms with Gasteiger partial charge in [-0.3, -0.25) is 4.79 Å². The molecule has 0 bridgehead atoms. The molecule has 0 saturated heterocycles. The third-order valence-electron chi connectivity index (χ3n) is 2.57. The summed E-state index contributed by atoms with van der Waals surface area (Å²) in [6, 6.07) is 2.88. The lowest BCUT2D eigenvalue weighted by molar-refractivity contribution is 0.0513. The summed E-state index contributed by atoms with van der Waals surface area (Å²) in [7, 11) is 0. The Morgan fingerprint density at radius 2 is 2.23 bits per heavy atom. The van der Waals surface area contributed by atoms with Crippen LogP contribution in [0, 0.1) is 0 Å². The number of hydrogen-bond donors (Lipinski definition) is 3. The maximum atomic E-state index is 12.1. The van der Waals surface area contributed by atoms with Crippen molar-refractivity contribution in [3.8, 4) is 5.75 Å². The Balaban J connectivity index is 2.18. The zero-order valence-electron chi connectivity index (χ0n) is 11.3. The van der Waals surface area contributed by atoms with Gasteiger partial charge in [-0.2, -0.15) is 0 Å². The van der Waals surface area contributed by atoms with E-state index in [2.05, 4.69) is 31.2 Å². The molecule has 1 aromatic heterocycles. The number of phenols is 1. The molecule has 7 nitrogen and oxygen atoms in total. The fraction of sp³-hybridized carbons (Fsp3) is 0.154. The van der Waals surface area contributed by atoms with Gasteiger partial charge < -0.3 is 20.1 Å². The van der Waals surface area contributed by atoms with E-state index < -0.39 is 11.9 Å². The van der Waals surface area contributed by atoms with Gasteiger partial charge in [0.05, 0.1) is 23.4 Å². The Morgan fingerprint density at radius 3 is 2.91 bits per heavy atom. The molecule has 0 aliphatic rings. The van der Waals surface area contributed by atoms with Gasteiger partial charge >= 0.3 is 5.97 Å². The minimum atomic E-state index is -0.628. The van der Waals surface area contributed by atoms with Crippen molar-refractivity contribution in [2.75, 3.05) is 11.9 Å². The summed E-state index contributed by atoms with van der Waals surface area (Å²) < 4.78 is 5.31. The number of benzene rings is 1. The average molecular weight is 389 g/mol. The molecule has 1 amide bonds. The van der Waals surface area contributed by atoms with Crippen LogP contribution in [0.4, 0.5) is 5.82 Å². The van der Waals surface area contributed by atoms with Gasteiger partial charge in [0.1, 0.15) is 11.6 Å². The Hall–Kier alpha value is -2.06. The number of carbonyl (C=O) groups excluding carboxylic acids is 2. The van der Waals surface area contributed by atoms with E-state index in [1.807, 2.05) is 0 Å². The molecule has 3 N–H and O–H groups in total. The number of aromatic hydroxyl groups is 1. The molecule has 22 heavy (non-hydrogen) atoms. The van der Waals surface area contributed by atoms with Gasteiger partial charge in [0, 0.05) is 4.47 Å². The van der Waals surface area contributed by atoms with Crippen LogP contribution < -0.4 is 5.32 Å². The number of nitrogens with one attached hydrogen (secondary N) is 2. The molecule has 0 saturated carbocycles. The third kappa shape index (κ3) is 3.58. The monoisotopic (exact) mass is 387 g/mol. The lowest BCUT2D eigenvalue weighted by Crippen LogP contribution is -2.13. The third-order valence-corrected chi connectivity index (χ3v) is 3.31. The summed E-state index contributed by atoms with van der Waals surface area (Å²) in [5.41, 5.74) is -0.0216. The number of rotatable bonds is 4. The Bertz CT molecular complexity index is 732. The predicted molar refractivity (Wildman–Crippen MR) is 83.3 cm³/mol. The lowest BCUT2D eigenvalue weighted by Gasteiger charge is -2.07. The van der Waals surface area contributed by atoms with Crippen LogP contribution in [-0.4, -0.2) is 33.6 Å². The van der Waals surface area contributed by atoms with E-state index >= 15 is 0 Å². The summed E-state index contributed by atoms with van der Waals surface area (Å²) >= 11 is 8.99. The summed E-state index contributed by atoms with van der Waals surface area (Å²) in [6.07, 6.45) is 1.26. The minimum Gasteiger partial charge on any atom is -0.506 e. The number of imidazole rings is 1. The number of aromatic nitrogens is 2. The molecule has 0 unspecified atom stereocenters. The van der Waals surface area contributed by atoms with E-state index in [1.54, 1.807) is 6.92 Å². The molecular weight excluding hydrogens is 378 g/mol. The first-order chi connectivity index (χ1) is 10.4. The van der Waals surface area contributed by atoms with E-state index in [0.717, 1.165) is 0 Å². The average Bonchev–Trinajstić information content (AvgIpc) is 2.91. The maximum Gasteiger partial charge on any atom is 0.374 e. The summed E-state index contributed by atoms with van der Waals surface area (Å²) in [5, 5.41) is 12.3. The van der Waals surface area contributed by atoms with Crippen LogP contribution in [0.5, 0.6) is 5.75 Å². The van der Waals surface area contributed by atoms with Crippen LogP contribution in [0.15, 0.2) is 22.8 Å². The maximum absolute atomic E-state index is 12.1. The zero-order chi connectivity index (χ0) is 16.3. The van der Waals surface area contributed by atoms with Gasteiger partial charge in [-0.15, -0.1) is 0 Å². The van der Waals surface area contributed by atoms with Crippen molar-refractivity contribution in [2.45, 2.75) is 6.92 Å². The van der Waals surface area contributed by atoms with E-state index in [1.165, 1.54) is 18.3 Å². The molecule has 2 aromatic rings. The first kappa shape index (κ1) is 16.3. The van der Waals surface area contributed by atoms with Crippen molar-refractivity contribution >= 4 is 45.2 Å². The molecule has 0 aliphatic heterocycles. The van der Waals surface area contributed by atoms with Crippen LogP contribution in [0.2, 0.25) is 5.02 Å². The van der Waals surface area contributed by atoms with Crippen LogP contribution in [0.25, 0.3) is 0 Å². The van der Waals surface area contributed by atoms with E-state index in [0.29, 0.717) is 4.47 Å². The highest BCUT2D eigenvalue weighted by Gasteiger charge is 2.17. The number of phenolic OH excluding ortho intramolecular Hbond substituents is 1. The fourth-order valence-electron chi connectivity index (χ4n) is 1.62. The Kier molecular flexibility index (Phi) is 5.04. The number of amides is 1. The second-order valence-electron chi connectivity index (χ2n) is 4.10. The highest BCUT2D eigenvalue weighted by atomic mass is 79.9. The first-order valence-corrected chi connectivity index (χ1v) is 7.31. The first-order valence-electron chi connectivity index (χ1n) is 6.13. The van der Waals surface area contributed by atoms with Gasteiger partial charge in [0.2, 0.25) is 5.82 Å². The molecule has 2 rings (SSSR count). The summed E-state index contributed by atoms with van der Waals surface area (Å²) in [6.45, 7) is 1.88. The van der Waals surface area contributed by atoms with E-state index in [4.69, 9.17) is 16.3 Å². The number of aromatic amines is 1. The number of ether oxygens (including phenoxy) is 1. The lowest BCUT2D eigenvalue weighted by atomic mass is 10.2.